The van der Waals surface area contributed by atoms with Gasteiger partial charge in [0.05, 0.1) is 0 Å². The van der Waals surface area contributed by atoms with E-state index in [0.717, 1.165) is 35.9 Å². The third-order valence-electron chi connectivity index (χ3n) is 2.93. The van der Waals surface area contributed by atoms with Gasteiger partial charge in [-0.25, -0.2) is 4.39 Å². The van der Waals surface area contributed by atoms with Crippen LogP contribution in [0.3, 0.4) is 0 Å². The monoisotopic (exact) mass is 234 g/mol. The second-order valence-corrected chi connectivity index (χ2v) is 4.69. The van der Waals surface area contributed by atoms with Crippen molar-refractivity contribution in [2.45, 2.75) is 39.3 Å². The zero-order valence-electron chi connectivity index (χ0n) is 10.4. The molecule has 2 nitrogen and oxygen atoms in total. The van der Waals surface area contributed by atoms with Crippen LogP contribution in [0.25, 0.3) is 10.9 Å². The van der Waals surface area contributed by atoms with Gasteiger partial charge in [0.1, 0.15) is 5.82 Å². The van der Waals surface area contributed by atoms with Crippen molar-refractivity contribution in [2.24, 2.45) is 5.73 Å². The van der Waals surface area contributed by atoms with Gasteiger partial charge in [-0.3, -0.25) is 0 Å². The van der Waals surface area contributed by atoms with Gasteiger partial charge in [0.25, 0.3) is 0 Å². The van der Waals surface area contributed by atoms with Crippen molar-refractivity contribution in [3.63, 3.8) is 0 Å². The van der Waals surface area contributed by atoms with Gasteiger partial charge in [0, 0.05) is 29.7 Å². The average Bonchev–Trinajstić information content (AvgIpc) is 2.56. The Morgan fingerprint density at radius 1 is 1.41 bits per heavy atom. The van der Waals surface area contributed by atoms with Crippen molar-refractivity contribution >= 4 is 10.9 Å². The van der Waals surface area contributed by atoms with Crippen molar-refractivity contribution in [3.8, 4) is 0 Å². The first kappa shape index (κ1) is 12.1. The van der Waals surface area contributed by atoms with E-state index in [1.54, 1.807) is 6.07 Å². The van der Waals surface area contributed by atoms with E-state index in [4.69, 9.17) is 5.73 Å². The lowest BCUT2D eigenvalue weighted by atomic mass is 10.1. The summed E-state index contributed by atoms with van der Waals surface area (Å²) in [4.78, 5) is 0. The SMILES string of the molecule is CCCn1cc(C[C@@H](C)N)c2cc(F)ccc21. The molecule has 2 N–H and O–H groups in total. The molecule has 3 heteroatoms. The minimum atomic E-state index is -0.183. The lowest BCUT2D eigenvalue weighted by Crippen LogP contribution is -2.17. The Hall–Kier alpha value is -1.35. The lowest BCUT2D eigenvalue weighted by molar-refractivity contribution is 0.629. The molecule has 17 heavy (non-hydrogen) atoms. The van der Waals surface area contributed by atoms with Crippen molar-refractivity contribution < 1.29 is 4.39 Å². The number of nitrogens with zero attached hydrogens (tertiary/aromatic N) is 1. The number of hydrogen-bond acceptors (Lipinski definition) is 1. The number of benzene rings is 1. The topological polar surface area (TPSA) is 30.9 Å². The van der Waals surface area contributed by atoms with E-state index in [1.165, 1.54) is 6.07 Å². The lowest BCUT2D eigenvalue weighted by Gasteiger charge is -2.02. The normalized spacial score (nSPS) is 13.2. The first-order valence-electron chi connectivity index (χ1n) is 6.14. The summed E-state index contributed by atoms with van der Waals surface area (Å²) >= 11 is 0. The summed E-state index contributed by atoms with van der Waals surface area (Å²) in [6.45, 7) is 5.07. The Labute approximate surface area is 101 Å². The highest BCUT2D eigenvalue weighted by molar-refractivity contribution is 5.84. The van der Waals surface area contributed by atoms with E-state index in [-0.39, 0.29) is 11.9 Å². The van der Waals surface area contributed by atoms with Gasteiger partial charge in [-0.2, -0.15) is 0 Å². The number of aryl methyl sites for hydroxylation is 1. The standard InChI is InChI=1S/C14H19FN2/c1-3-6-17-9-11(7-10(2)16)13-8-12(15)4-5-14(13)17/h4-5,8-10H,3,6-7,16H2,1-2H3/t10-/m1/s1. The Bertz CT molecular complexity index is 514. The number of nitrogens with two attached hydrogens (primary N) is 1. The Morgan fingerprint density at radius 2 is 2.18 bits per heavy atom. The van der Waals surface area contributed by atoms with E-state index in [1.807, 2.05) is 13.0 Å². The Balaban J connectivity index is 2.54. The molecule has 0 radical (unpaired) electrons. The Morgan fingerprint density at radius 3 is 2.82 bits per heavy atom. The highest BCUT2D eigenvalue weighted by Gasteiger charge is 2.10. The highest BCUT2D eigenvalue weighted by Crippen LogP contribution is 2.23. The molecule has 1 heterocycles. The van der Waals surface area contributed by atoms with Gasteiger partial charge in [-0.05, 0) is 43.5 Å². The molecule has 0 bridgehead atoms. The molecule has 0 unspecified atom stereocenters. The largest absolute Gasteiger partial charge is 0.347 e. The van der Waals surface area contributed by atoms with E-state index < -0.39 is 0 Å². The molecule has 2 rings (SSSR count). The summed E-state index contributed by atoms with van der Waals surface area (Å²) in [5.41, 5.74) is 8.08. The zero-order valence-corrected chi connectivity index (χ0v) is 10.4. The van der Waals surface area contributed by atoms with Crippen LogP contribution in [-0.4, -0.2) is 10.6 Å². The second kappa shape index (κ2) is 4.88. The van der Waals surface area contributed by atoms with Crippen LogP contribution in [-0.2, 0) is 13.0 Å². The maximum atomic E-state index is 13.3. The van der Waals surface area contributed by atoms with Crippen LogP contribution in [0.2, 0.25) is 0 Å². The molecule has 0 aliphatic rings. The maximum Gasteiger partial charge on any atom is 0.123 e. The molecule has 0 saturated heterocycles. The molecular weight excluding hydrogens is 215 g/mol. The van der Waals surface area contributed by atoms with Gasteiger partial charge >= 0.3 is 0 Å². The van der Waals surface area contributed by atoms with Crippen LogP contribution >= 0.6 is 0 Å². The summed E-state index contributed by atoms with van der Waals surface area (Å²) < 4.78 is 15.5. The van der Waals surface area contributed by atoms with Crippen LogP contribution in [0, 0.1) is 5.82 Å². The maximum absolute atomic E-state index is 13.3. The molecule has 1 aromatic carbocycles. The minimum absolute atomic E-state index is 0.0962. The molecule has 0 saturated carbocycles. The smallest absolute Gasteiger partial charge is 0.123 e. The fourth-order valence-electron chi connectivity index (χ4n) is 2.28. The summed E-state index contributed by atoms with van der Waals surface area (Å²) in [6, 6.07) is 5.08. The summed E-state index contributed by atoms with van der Waals surface area (Å²) in [5, 5.41) is 0.996. The molecule has 2 aromatic rings. The van der Waals surface area contributed by atoms with Crippen molar-refractivity contribution in [2.75, 3.05) is 0 Å². The van der Waals surface area contributed by atoms with Crippen molar-refractivity contribution in [3.05, 3.63) is 35.8 Å². The van der Waals surface area contributed by atoms with Gasteiger partial charge in [-0.15, -0.1) is 0 Å². The number of halogens is 1. The predicted octanol–water partition coefficient (Wildman–Crippen LogP) is 3.08. The number of aromatic nitrogens is 1. The molecule has 0 amide bonds. The minimum Gasteiger partial charge on any atom is -0.347 e. The molecule has 0 aliphatic heterocycles. The van der Waals surface area contributed by atoms with E-state index >= 15 is 0 Å². The second-order valence-electron chi connectivity index (χ2n) is 4.69. The third kappa shape index (κ3) is 2.50. The number of fused-ring (bicyclic) bond motifs is 1. The molecule has 1 atom stereocenters. The number of hydrogen-bond donors (Lipinski definition) is 1. The molecular formula is C14H19FN2. The molecule has 0 spiro atoms. The first-order valence-corrected chi connectivity index (χ1v) is 6.14. The van der Waals surface area contributed by atoms with Crippen LogP contribution < -0.4 is 5.73 Å². The van der Waals surface area contributed by atoms with Crippen LogP contribution in [0.15, 0.2) is 24.4 Å². The van der Waals surface area contributed by atoms with E-state index in [9.17, 15) is 4.39 Å². The molecule has 0 fully saturated rings. The Kier molecular flexibility index (Phi) is 3.48. The van der Waals surface area contributed by atoms with E-state index in [0.29, 0.717) is 0 Å². The van der Waals surface area contributed by atoms with Crippen LogP contribution in [0.4, 0.5) is 4.39 Å². The summed E-state index contributed by atoms with van der Waals surface area (Å²) in [6.07, 6.45) is 3.96. The fraction of sp³-hybridized carbons (Fsp3) is 0.429. The van der Waals surface area contributed by atoms with Gasteiger partial charge < -0.3 is 10.3 Å². The fourth-order valence-corrected chi connectivity index (χ4v) is 2.28. The quantitative estimate of drug-likeness (QED) is 0.866. The van der Waals surface area contributed by atoms with Crippen LogP contribution in [0.1, 0.15) is 25.8 Å². The molecule has 0 aliphatic carbocycles. The third-order valence-corrected chi connectivity index (χ3v) is 2.93. The van der Waals surface area contributed by atoms with Crippen molar-refractivity contribution in [1.29, 1.82) is 0 Å². The van der Waals surface area contributed by atoms with Crippen LogP contribution in [0.5, 0.6) is 0 Å². The predicted molar refractivity (Wildman–Crippen MR) is 69.5 cm³/mol. The van der Waals surface area contributed by atoms with Crippen molar-refractivity contribution in [1.82, 2.24) is 4.57 Å². The summed E-state index contributed by atoms with van der Waals surface area (Å²) in [5.74, 6) is -0.183. The first-order chi connectivity index (χ1) is 8.11. The van der Waals surface area contributed by atoms with E-state index in [2.05, 4.69) is 17.7 Å². The molecule has 1 aromatic heterocycles. The van der Waals surface area contributed by atoms with Gasteiger partial charge in [0.15, 0.2) is 0 Å². The molecule has 92 valence electrons. The average molecular weight is 234 g/mol. The number of rotatable bonds is 4. The van der Waals surface area contributed by atoms with Gasteiger partial charge in [-0.1, -0.05) is 6.92 Å². The zero-order chi connectivity index (χ0) is 12.4. The summed E-state index contributed by atoms with van der Waals surface area (Å²) in [7, 11) is 0. The van der Waals surface area contributed by atoms with Gasteiger partial charge in [0.2, 0.25) is 0 Å². The highest BCUT2D eigenvalue weighted by atomic mass is 19.1.